The van der Waals surface area contributed by atoms with Gasteiger partial charge in [-0.25, -0.2) is 24.7 Å². The van der Waals surface area contributed by atoms with Crippen LogP contribution in [0, 0.1) is 5.41 Å². The quantitative estimate of drug-likeness (QED) is 0.778. The van der Waals surface area contributed by atoms with Crippen molar-refractivity contribution in [2.24, 2.45) is 5.41 Å². The maximum absolute atomic E-state index is 13.1. The Bertz CT molecular complexity index is 884. The lowest BCUT2D eigenvalue weighted by Gasteiger charge is -2.38. The molecule has 12 heteroatoms. The number of aliphatic carboxylic acids is 1. The van der Waals surface area contributed by atoms with Crippen molar-refractivity contribution in [3.63, 3.8) is 0 Å². The predicted molar refractivity (Wildman–Crippen MR) is 98.6 cm³/mol. The number of rotatable bonds is 2. The van der Waals surface area contributed by atoms with E-state index >= 15 is 0 Å². The van der Waals surface area contributed by atoms with Crippen molar-refractivity contribution in [1.82, 2.24) is 19.9 Å². The zero-order valence-electron chi connectivity index (χ0n) is 15.8. The molecule has 160 valence electrons. The molecular weight excluding hydrogens is 405 g/mol. The molecule has 9 nitrogen and oxygen atoms in total. The van der Waals surface area contributed by atoms with Gasteiger partial charge in [-0.3, -0.25) is 4.79 Å². The van der Waals surface area contributed by atoms with E-state index in [4.69, 9.17) is 9.90 Å². The number of hydrogen-bond donors (Lipinski definition) is 1. The van der Waals surface area contributed by atoms with E-state index in [1.54, 1.807) is 30.9 Å². The first kappa shape index (κ1) is 21.4. The minimum atomic E-state index is -5.08. The van der Waals surface area contributed by atoms with Gasteiger partial charge in [0, 0.05) is 32.0 Å². The number of aromatic nitrogens is 4. The van der Waals surface area contributed by atoms with Gasteiger partial charge in [0.05, 0.1) is 23.5 Å². The second-order valence-corrected chi connectivity index (χ2v) is 6.96. The van der Waals surface area contributed by atoms with E-state index in [9.17, 15) is 18.0 Å². The van der Waals surface area contributed by atoms with Crippen LogP contribution in [0.2, 0.25) is 0 Å². The van der Waals surface area contributed by atoms with Gasteiger partial charge < -0.3 is 14.9 Å². The molecule has 2 aliphatic rings. The maximum atomic E-state index is 13.1. The highest BCUT2D eigenvalue weighted by Gasteiger charge is 2.49. The second kappa shape index (κ2) is 8.59. The first-order valence-electron chi connectivity index (χ1n) is 9.12. The molecule has 2 aromatic rings. The molecule has 1 amide bonds. The number of carboxylic acid groups (broad SMARTS) is 1. The van der Waals surface area contributed by atoms with E-state index in [0.29, 0.717) is 12.5 Å². The Labute approximate surface area is 169 Å². The van der Waals surface area contributed by atoms with Crippen LogP contribution in [0.1, 0.15) is 19.3 Å². The Morgan fingerprint density at radius 3 is 2.33 bits per heavy atom. The van der Waals surface area contributed by atoms with Crippen LogP contribution >= 0.6 is 0 Å². The van der Waals surface area contributed by atoms with Crippen LogP contribution in [0.4, 0.5) is 24.8 Å². The summed E-state index contributed by atoms with van der Waals surface area (Å²) in [4.78, 5) is 42.6. The summed E-state index contributed by atoms with van der Waals surface area (Å²) >= 11 is 0. The number of piperidine rings is 1. The summed E-state index contributed by atoms with van der Waals surface area (Å²) in [5.74, 6) is -1.87. The van der Waals surface area contributed by atoms with Gasteiger partial charge in [-0.1, -0.05) is 0 Å². The van der Waals surface area contributed by atoms with E-state index in [2.05, 4.69) is 24.8 Å². The first-order chi connectivity index (χ1) is 14.2. The maximum Gasteiger partial charge on any atom is 0.490 e. The molecule has 4 rings (SSSR count). The van der Waals surface area contributed by atoms with Crippen LogP contribution in [0.25, 0.3) is 0 Å². The molecule has 1 N–H and O–H groups in total. The fourth-order valence-corrected chi connectivity index (χ4v) is 3.63. The number of alkyl halides is 3. The number of halogens is 3. The fourth-order valence-electron chi connectivity index (χ4n) is 3.63. The summed E-state index contributed by atoms with van der Waals surface area (Å²) in [7, 11) is 0. The Hall–Kier alpha value is -3.31. The molecule has 0 radical (unpaired) electrons. The molecule has 0 saturated carbocycles. The van der Waals surface area contributed by atoms with Crippen molar-refractivity contribution in [1.29, 1.82) is 0 Å². The number of carbonyl (C=O) groups is 2. The van der Waals surface area contributed by atoms with Crippen LogP contribution in [-0.4, -0.2) is 62.7 Å². The van der Waals surface area contributed by atoms with Gasteiger partial charge in [0.1, 0.15) is 6.33 Å². The van der Waals surface area contributed by atoms with Gasteiger partial charge in [0.2, 0.25) is 11.9 Å². The van der Waals surface area contributed by atoms with Crippen LogP contribution in [0.3, 0.4) is 0 Å². The van der Waals surface area contributed by atoms with Crippen molar-refractivity contribution in [3.05, 3.63) is 37.2 Å². The van der Waals surface area contributed by atoms with E-state index in [0.717, 1.165) is 38.0 Å². The number of carbonyl (C=O) groups excluding carboxylic acids is 1. The van der Waals surface area contributed by atoms with Crippen LogP contribution < -0.4 is 9.80 Å². The van der Waals surface area contributed by atoms with E-state index < -0.39 is 12.1 Å². The Morgan fingerprint density at radius 2 is 1.73 bits per heavy atom. The fraction of sp³-hybridized carbons (Fsp3) is 0.444. The second-order valence-electron chi connectivity index (χ2n) is 6.96. The lowest BCUT2D eigenvalue weighted by molar-refractivity contribution is -0.192. The van der Waals surface area contributed by atoms with Crippen molar-refractivity contribution >= 4 is 23.5 Å². The highest BCUT2D eigenvalue weighted by molar-refractivity contribution is 6.00. The zero-order valence-corrected chi connectivity index (χ0v) is 15.8. The number of nitrogens with zero attached hydrogens (tertiary/aromatic N) is 6. The number of carboxylic acids is 1. The Morgan fingerprint density at radius 1 is 1.10 bits per heavy atom. The van der Waals surface area contributed by atoms with Gasteiger partial charge in [-0.15, -0.1) is 0 Å². The molecule has 2 aromatic heterocycles. The minimum Gasteiger partial charge on any atom is -0.475 e. The first-order valence-corrected chi connectivity index (χ1v) is 9.12. The molecule has 30 heavy (non-hydrogen) atoms. The summed E-state index contributed by atoms with van der Waals surface area (Å²) in [5, 5.41) is 7.12. The molecule has 2 aliphatic heterocycles. The highest BCUT2D eigenvalue weighted by atomic mass is 19.4. The van der Waals surface area contributed by atoms with E-state index in [1.807, 2.05) is 4.90 Å². The van der Waals surface area contributed by atoms with Crippen LogP contribution in [-0.2, 0) is 9.59 Å². The van der Waals surface area contributed by atoms with Gasteiger partial charge >= 0.3 is 12.1 Å². The smallest absolute Gasteiger partial charge is 0.475 e. The molecule has 0 aromatic carbocycles. The molecule has 1 spiro atoms. The molecule has 4 heterocycles. The molecule has 0 bridgehead atoms. The number of anilines is 2. The molecule has 1 atom stereocenters. The average Bonchev–Trinajstić information content (AvgIpc) is 3.04. The summed E-state index contributed by atoms with van der Waals surface area (Å²) in [6.45, 7) is 2.29. The summed E-state index contributed by atoms with van der Waals surface area (Å²) < 4.78 is 31.7. The van der Waals surface area contributed by atoms with Gasteiger partial charge in [-0.2, -0.15) is 13.2 Å². The molecule has 1 unspecified atom stereocenters. The normalized spacial score (nSPS) is 21.4. The van der Waals surface area contributed by atoms with Crippen molar-refractivity contribution in [3.8, 4) is 0 Å². The van der Waals surface area contributed by atoms with Crippen LogP contribution in [0.5, 0.6) is 0 Å². The number of amides is 1. The van der Waals surface area contributed by atoms with E-state index in [1.165, 1.54) is 6.33 Å². The third kappa shape index (κ3) is 4.63. The third-order valence-corrected chi connectivity index (χ3v) is 5.03. The van der Waals surface area contributed by atoms with E-state index in [-0.39, 0.29) is 11.3 Å². The van der Waals surface area contributed by atoms with Gasteiger partial charge in [0.25, 0.3) is 0 Å². The summed E-state index contributed by atoms with van der Waals surface area (Å²) in [6, 6.07) is 1.81. The Balaban J connectivity index is 0.000000318. The molecular formula is C18H19F3N6O3. The molecule has 2 fully saturated rings. The summed E-state index contributed by atoms with van der Waals surface area (Å²) in [6.07, 6.45) is 6.03. The topological polar surface area (TPSA) is 112 Å². The highest BCUT2D eigenvalue weighted by Crippen LogP contribution is 2.42. The van der Waals surface area contributed by atoms with Crippen molar-refractivity contribution in [2.75, 3.05) is 29.4 Å². The van der Waals surface area contributed by atoms with Crippen molar-refractivity contribution < 1.29 is 27.9 Å². The Kier molecular flexibility index (Phi) is 6.13. The lowest BCUT2D eigenvalue weighted by Crippen LogP contribution is -2.48. The number of hydrogen-bond acceptors (Lipinski definition) is 7. The predicted octanol–water partition coefficient (Wildman–Crippen LogP) is 1.92. The minimum absolute atomic E-state index is 0.174. The van der Waals surface area contributed by atoms with Crippen LogP contribution in [0.15, 0.2) is 37.2 Å². The average molecular weight is 424 g/mol. The molecule has 2 saturated heterocycles. The monoisotopic (exact) mass is 424 g/mol. The molecule has 0 aliphatic carbocycles. The van der Waals surface area contributed by atoms with Gasteiger partial charge in [-0.05, 0) is 25.3 Å². The standard InChI is InChI=1S/C16H18N6O.C2HF3O2/c23-14-16(4-8-22(14)13-9-17-12-18-10-13)3-1-7-21(11-16)15-19-5-2-6-20-15;3-2(4,5)1(6)7/h2,5-6,9-10,12H,1,3-4,7-8,11H2;(H,6,7). The van der Waals surface area contributed by atoms with Gasteiger partial charge in [0.15, 0.2) is 0 Å². The van der Waals surface area contributed by atoms with Crippen molar-refractivity contribution in [2.45, 2.75) is 25.4 Å². The SMILES string of the molecule is O=C(O)C(F)(F)F.O=C1N(c2cncnc2)CCC12CCCN(c1ncccn1)C2. The lowest BCUT2D eigenvalue weighted by atomic mass is 9.78. The zero-order chi connectivity index (χ0) is 21.8. The largest absolute Gasteiger partial charge is 0.490 e. The third-order valence-electron chi connectivity index (χ3n) is 5.03. The summed E-state index contributed by atoms with van der Waals surface area (Å²) in [5.41, 5.74) is 0.440.